The summed E-state index contributed by atoms with van der Waals surface area (Å²) in [4.78, 5) is 28.2. The van der Waals surface area contributed by atoms with E-state index in [-0.39, 0.29) is 23.4 Å². The first-order chi connectivity index (χ1) is 18.1. The molecule has 38 heavy (non-hydrogen) atoms. The van der Waals surface area contributed by atoms with Crippen LogP contribution >= 0.6 is 0 Å². The Morgan fingerprint density at radius 3 is 2.00 bits per heavy atom. The summed E-state index contributed by atoms with van der Waals surface area (Å²) in [5.41, 5.74) is 1.13. The van der Waals surface area contributed by atoms with Crippen molar-refractivity contribution >= 4 is 27.5 Å². The fourth-order valence-corrected chi connectivity index (χ4v) is 5.33. The fraction of sp³-hybridized carbons (Fsp3) is 0.310. The number of amides is 2. The molecule has 1 unspecified atom stereocenters. The second-order valence-electron chi connectivity index (χ2n) is 9.10. The lowest BCUT2D eigenvalue weighted by Crippen LogP contribution is -2.52. The molecule has 0 saturated heterocycles. The molecule has 0 fully saturated rings. The van der Waals surface area contributed by atoms with Crippen LogP contribution in [0.4, 0.5) is 5.69 Å². The van der Waals surface area contributed by atoms with Crippen LogP contribution in [0.15, 0.2) is 89.8 Å². The van der Waals surface area contributed by atoms with Crippen LogP contribution in [0.5, 0.6) is 5.75 Å². The Morgan fingerprint density at radius 1 is 0.868 bits per heavy atom. The highest BCUT2D eigenvalue weighted by Crippen LogP contribution is 2.26. The number of nitrogens with one attached hydrogen (secondary N) is 1. The number of nitrogens with zero attached hydrogens (tertiary/aromatic N) is 2. The molecule has 3 aromatic carbocycles. The molecule has 3 rings (SSSR count). The second kappa shape index (κ2) is 13.1. The van der Waals surface area contributed by atoms with E-state index in [1.807, 2.05) is 51.1 Å². The van der Waals surface area contributed by atoms with Crippen molar-refractivity contribution in [3.63, 3.8) is 0 Å². The number of sulfonamides is 1. The largest absolute Gasteiger partial charge is 0.494 e. The minimum Gasteiger partial charge on any atom is -0.494 e. The molecule has 1 N–H and O–H groups in total. The highest BCUT2D eigenvalue weighted by molar-refractivity contribution is 7.92. The van der Waals surface area contributed by atoms with E-state index in [0.29, 0.717) is 18.0 Å². The molecule has 0 aliphatic carbocycles. The van der Waals surface area contributed by atoms with E-state index in [1.165, 1.54) is 17.0 Å². The van der Waals surface area contributed by atoms with Crippen molar-refractivity contribution < 1.29 is 22.7 Å². The maximum Gasteiger partial charge on any atom is 0.264 e. The Hall–Kier alpha value is -3.85. The van der Waals surface area contributed by atoms with E-state index < -0.39 is 28.5 Å². The smallest absolute Gasteiger partial charge is 0.264 e. The first-order valence-electron chi connectivity index (χ1n) is 12.6. The summed E-state index contributed by atoms with van der Waals surface area (Å²) in [6.45, 7) is 7.31. The van der Waals surface area contributed by atoms with E-state index in [4.69, 9.17) is 4.74 Å². The number of ether oxygens (including phenoxy) is 1. The van der Waals surface area contributed by atoms with E-state index >= 15 is 0 Å². The molecule has 3 aromatic rings. The number of benzene rings is 3. The number of hydrogen-bond donors (Lipinski definition) is 1. The number of hydrogen-bond acceptors (Lipinski definition) is 5. The maximum absolute atomic E-state index is 13.8. The molecule has 0 spiro atoms. The third kappa shape index (κ3) is 7.35. The first kappa shape index (κ1) is 28.7. The fourth-order valence-electron chi connectivity index (χ4n) is 3.89. The van der Waals surface area contributed by atoms with Crippen molar-refractivity contribution in [2.45, 2.75) is 51.2 Å². The molecule has 0 aromatic heterocycles. The molecule has 0 saturated carbocycles. The van der Waals surface area contributed by atoms with E-state index in [2.05, 4.69) is 5.32 Å². The monoisotopic (exact) mass is 537 g/mol. The molecule has 1 atom stereocenters. The van der Waals surface area contributed by atoms with Gasteiger partial charge in [0.15, 0.2) is 0 Å². The van der Waals surface area contributed by atoms with Crippen LogP contribution in [0.25, 0.3) is 0 Å². The Labute approximate surface area is 225 Å². The SMILES string of the molecule is CCOc1ccc(N(CC(=O)N(Cc2ccccc2)C(C)C(=O)NC(C)C)S(=O)(=O)c2ccccc2)cc1. The molecular weight excluding hydrogens is 502 g/mol. The van der Waals surface area contributed by atoms with Gasteiger partial charge in [0.2, 0.25) is 11.8 Å². The van der Waals surface area contributed by atoms with Crippen LogP contribution < -0.4 is 14.4 Å². The van der Waals surface area contributed by atoms with Gasteiger partial charge in [-0.1, -0.05) is 48.5 Å². The van der Waals surface area contributed by atoms with Gasteiger partial charge in [0, 0.05) is 12.6 Å². The van der Waals surface area contributed by atoms with Gasteiger partial charge in [0.05, 0.1) is 17.2 Å². The van der Waals surface area contributed by atoms with Gasteiger partial charge < -0.3 is 15.0 Å². The molecule has 0 heterocycles. The summed E-state index contributed by atoms with van der Waals surface area (Å²) >= 11 is 0. The standard InChI is InChI=1S/C29H35N3O5S/c1-5-37-26-18-16-25(17-19-26)32(38(35,36)27-14-10-7-11-15-27)21-28(33)31(20-24-12-8-6-9-13-24)23(4)29(34)30-22(2)3/h6-19,22-23H,5,20-21H2,1-4H3,(H,30,34). The van der Waals surface area contributed by atoms with Gasteiger partial charge in [-0.05, 0) is 69.7 Å². The second-order valence-corrected chi connectivity index (χ2v) is 11.0. The van der Waals surface area contributed by atoms with Crippen LogP contribution in [-0.2, 0) is 26.2 Å². The zero-order valence-electron chi connectivity index (χ0n) is 22.2. The van der Waals surface area contributed by atoms with Crippen LogP contribution in [0.2, 0.25) is 0 Å². The average molecular weight is 538 g/mol. The zero-order valence-corrected chi connectivity index (χ0v) is 23.0. The van der Waals surface area contributed by atoms with Crippen LogP contribution in [-0.4, -0.2) is 50.4 Å². The molecule has 2 amide bonds. The predicted molar refractivity (Wildman–Crippen MR) is 148 cm³/mol. The Morgan fingerprint density at radius 2 is 1.45 bits per heavy atom. The lowest BCUT2D eigenvalue weighted by Gasteiger charge is -2.32. The maximum atomic E-state index is 13.8. The topological polar surface area (TPSA) is 96.0 Å². The Balaban J connectivity index is 2.00. The minimum absolute atomic E-state index is 0.0573. The highest BCUT2D eigenvalue weighted by atomic mass is 32.2. The van der Waals surface area contributed by atoms with Gasteiger partial charge in [0.1, 0.15) is 18.3 Å². The van der Waals surface area contributed by atoms with Gasteiger partial charge in [-0.15, -0.1) is 0 Å². The molecule has 9 heteroatoms. The normalized spacial score (nSPS) is 12.0. The summed E-state index contributed by atoms with van der Waals surface area (Å²) < 4.78 is 34.1. The summed E-state index contributed by atoms with van der Waals surface area (Å²) in [6, 6.07) is 22.8. The van der Waals surface area contributed by atoms with Crippen molar-refractivity contribution in [2.24, 2.45) is 0 Å². The van der Waals surface area contributed by atoms with Crippen molar-refractivity contribution in [3.8, 4) is 5.75 Å². The van der Waals surface area contributed by atoms with Crippen molar-refractivity contribution in [1.82, 2.24) is 10.2 Å². The van der Waals surface area contributed by atoms with Gasteiger partial charge in [-0.25, -0.2) is 8.42 Å². The van der Waals surface area contributed by atoms with Crippen LogP contribution in [0.3, 0.4) is 0 Å². The summed E-state index contributed by atoms with van der Waals surface area (Å²) in [5.74, 6) is -0.235. The minimum atomic E-state index is -4.10. The summed E-state index contributed by atoms with van der Waals surface area (Å²) in [6.07, 6.45) is 0. The van der Waals surface area contributed by atoms with Crippen molar-refractivity contribution in [2.75, 3.05) is 17.5 Å². The van der Waals surface area contributed by atoms with Gasteiger partial charge in [0.25, 0.3) is 10.0 Å². The predicted octanol–water partition coefficient (Wildman–Crippen LogP) is 4.22. The first-order valence-corrected chi connectivity index (χ1v) is 14.0. The molecule has 0 aliphatic rings. The number of carbonyl (C=O) groups is 2. The highest BCUT2D eigenvalue weighted by Gasteiger charge is 2.32. The van der Waals surface area contributed by atoms with E-state index in [9.17, 15) is 18.0 Å². The molecule has 0 aliphatic heterocycles. The van der Waals surface area contributed by atoms with Crippen LogP contribution in [0.1, 0.15) is 33.3 Å². The summed E-state index contributed by atoms with van der Waals surface area (Å²) in [7, 11) is -4.10. The number of rotatable bonds is 12. The van der Waals surface area contributed by atoms with Gasteiger partial charge in [-0.3, -0.25) is 13.9 Å². The van der Waals surface area contributed by atoms with E-state index in [1.54, 1.807) is 49.4 Å². The van der Waals surface area contributed by atoms with Gasteiger partial charge in [-0.2, -0.15) is 0 Å². The van der Waals surface area contributed by atoms with Gasteiger partial charge >= 0.3 is 0 Å². The lowest BCUT2D eigenvalue weighted by molar-refractivity contribution is -0.139. The number of anilines is 1. The van der Waals surface area contributed by atoms with Crippen LogP contribution in [0, 0.1) is 0 Å². The lowest BCUT2D eigenvalue weighted by atomic mass is 10.1. The molecule has 202 valence electrons. The zero-order chi connectivity index (χ0) is 27.7. The number of carbonyl (C=O) groups excluding carboxylic acids is 2. The third-order valence-corrected chi connectivity index (χ3v) is 7.63. The molecular formula is C29H35N3O5S. The average Bonchev–Trinajstić information content (AvgIpc) is 2.91. The van der Waals surface area contributed by atoms with E-state index in [0.717, 1.165) is 9.87 Å². The summed E-state index contributed by atoms with van der Waals surface area (Å²) in [5, 5.41) is 2.84. The van der Waals surface area contributed by atoms with Crippen molar-refractivity contribution in [3.05, 3.63) is 90.5 Å². The van der Waals surface area contributed by atoms with Crippen molar-refractivity contribution in [1.29, 1.82) is 0 Å². The molecule has 0 bridgehead atoms. The quantitative estimate of drug-likeness (QED) is 0.373. The third-order valence-electron chi connectivity index (χ3n) is 5.84. The molecule has 8 nitrogen and oxygen atoms in total. The molecule has 0 radical (unpaired) electrons. The Bertz CT molecular complexity index is 1300. The Kier molecular flexibility index (Phi) is 9.90.